The first-order valence-electron chi connectivity index (χ1n) is 5.75. The third-order valence-corrected chi connectivity index (χ3v) is 2.68. The molecule has 3 aromatic rings. The van der Waals surface area contributed by atoms with Gasteiger partial charge in [0.05, 0.1) is 11.6 Å². The van der Waals surface area contributed by atoms with Crippen LogP contribution in [0, 0.1) is 6.92 Å². The normalized spacial score (nSPS) is 11.0. The summed E-state index contributed by atoms with van der Waals surface area (Å²) in [5.74, 6) is 2.23. The SMILES string of the molecule is CCNc1nc(-n2ccnc2C)c2cn[nH]c2n1. The monoisotopic (exact) mass is 243 g/mol. The van der Waals surface area contributed by atoms with E-state index in [0.29, 0.717) is 11.6 Å². The molecule has 0 aromatic carbocycles. The third-order valence-electron chi connectivity index (χ3n) is 2.68. The molecule has 0 saturated heterocycles. The van der Waals surface area contributed by atoms with Crippen molar-refractivity contribution in [2.24, 2.45) is 0 Å². The summed E-state index contributed by atoms with van der Waals surface area (Å²) in [6, 6.07) is 0. The fraction of sp³-hybridized carbons (Fsp3) is 0.273. The van der Waals surface area contributed by atoms with Crippen LogP contribution >= 0.6 is 0 Å². The van der Waals surface area contributed by atoms with E-state index in [0.717, 1.165) is 23.6 Å². The number of H-pyrrole nitrogens is 1. The summed E-state index contributed by atoms with van der Waals surface area (Å²) >= 11 is 0. The lowest BCUT2D eigenvalue weighted by Crippen LogP contribution is -2.07. The second-order valence-corrected chi connectivity index (χ2v) is 3.88. The van der Waals surface area contributed by atoms with Gasteiger partial charge in [0.15, 0.2) is 11.5 Å². The van der Waals surface area contributed by atoms with Gasteiger partial charge in [-0.25, -0.2) is 4.98 Å². The highest BCUT2D eigenvalue weighted by Gasteiger charge is 2.12. The standard InChI is InChI=1S/C11H13N7/c1-3-12-11-15-9-8(6-14-17-9)10(16-11)18-5-4-13-7(18)2/h4-6H,3H2,1-2H3,(H2,12,14,15,16,17). The van der Waals surface area contributed by atoms with Gasteiger partial charge in [-0.05, 0) is 13.8 Å². The highest BCUT2D eigenvalue weighted by molar-refractivity contribution is 5.82. The van der Waals surface area contributed by atoms with E-state index in [2.05, 4.69) is 30.5 Å². The van der Waals surface area contributed by atoms with Crippen molar-refractivity contribution in [1.82, 2.24) is 29.7 Å². The summed E-state index contributed by atoms with van der Waals surface area (Å²) < 4.78 is 1.92. The minimum Gasteiger partial charge on any atom is -0.354 e. The Hall–Kier alpha value is -2.44. The molecule has 0 spiro atoms. The quantitative estimate of drug-likeness (QED) is 0.723. The molecule has 3 aromatic heterocycles. The molecule has 2 N–H and O–H groups in total. The number of nitrogens with one attached hydrogen (secondary N) is 2. The number of hydrogen-bond acceptors (Lipinski definition) is 5. The van der Waals surface area contributed by atoms with Crippen LogP contribution in [0.15, 0.2) is 18.6 Å². The highest BCUT2D eigenvalue weighted by Crippen LogP contribution is 2.19. The molecule has 0 radical (unpaired) electrons. The van der Waals surface area contributed by atoms with Crippen molar-refractivity contribution in [2.75, 3.05) is 11.9 Å². The first-order chi connectivity index (χ1) is 8.79. The van der Waals surface area contributed by atoms with Crippen LogP contribution in [0.25, 0.3) is 16.9 Å². The number of aromatic nitrogens is 6. The lowest BCUT2D eigenvalue weighted by atomic mass is 10.4. The third kappa shape index (κ3) is 1.60. The molecule has 3 heterocycles. The van der Waals surface area contributed by atoms with E-state index in [1.165, 1.54) is 0 Å². The lowest BCUT2D eigenvalue weighted by molar-refractivity contribution is 0.932. The Morgan fingerprint density at radius 2 is 2.28 bits per heavy atom. The van der Waals surface area contributed by atoms with Crippen LogP contribution in [0.5, 0.6) is 0 Å². The topological polar surface area (TPSA) is 84.3 Å². The van der Waals surface area contributed by atoms with Gasteiger partial charge in [-0.1, -0.05) is 0 Å². The second kappa shape index (κ2) is 4.10. The maximum Gasteiger partial charge on any atom is 0.226 e. The van der Waals surface area contributed by atoms with Gasteiger partial charge in [0, 0.05) is 18.9 Å². The molecular formula is C11H13N7. The Kier molecular flexibility index (Phi) is 2.44. The number of hydrogen-bond donors (Lipinski definition) is 2. The average molecular weight is 243 g/mol. The predicted octanol–water partition coefficient (Wildman–Crippen LogP) is 1.28. The number of nitrogens with zero attached hydrogens (tertiary/aromatic N) is 5. The van der Waals surface area contributed by atoms with E-state index in [4.69, 9.17) is 0 Å². The number of aromatic amines is 1. The number of imidazole rings is 1. The van der Waals surface area contributed by atoms with Gasteiger partial charge in [0.2, 0.25) is 5.95 Å². The largest absolute Gasteiger partial charge is 0.354 e. The van der Waals surface area contributed by atoms with Crippen LogP contribution < -0.4 is 5.32 Å². The number of fused-ring (bicyclic) bond motifs is 1. The minimum absolute atomic E-state index is 0.581. The molecular weight excluding hydrogens is 230 g/mol. The van der Waals surface area contributed by atoms with Gasteiger partial charge < -0.3 is 5.32 Å². The zero-order chi connectivity index (χ0) is 12.5. The first-order valence-corrected chi connectivity index (χ1v) is 5.75. The van der Waals surface area contributed by atoms with Crippen molar-refractivity contribution in [3.8, 4) is 5.82 Å². The number of aryl methyl sites for hydroxylation is 1. The molecule has 7 heteroatoms. The van der Waals surface area contributed by atoms with E-state index >= 15 is 0 Å². The number of rotatable bonds is 3. The maximum atomic E-state index is 4.51. The Bertz CT molecular complexity index is 682. The van der Waals surface area contributed by atoms with E-state index < -0.39 is 0 Å². The van der Waals surface area contributed by atoms with E-state index in [1.807, 2.05) is 24.6 Å². The van der Waals surface area contributed by atoms with Crippen LogP contribution in [0.1, 0.15) is 12.7 Å². The van der Waals surface area contributed by atoms with Crippen LogP contribution in [-0.2, 0) is 0 Å². The van der Waals surface area contributed by atoms with Crippen molar-refractivity contribution < 1.29 is 0 Å². The second-order valence-electron chi connectivity index (χ2n) is 3.88. The van der Waals surface area contributed by atoms with E-state index in [9.17, 15) is 0 Å². The molecule has 0 atom stereocenters. The Morgan fingerprint density at radius 1 is 1.39 bits per heavy atom. The Labute approximate surface area is 103 Å². The van der Waals surface area contributed by atoms with E-state index in [-0.39, 0.29) is 0 Å². The van der Waals surface area contributed by atoms with Gasteiger partial charge in [0.1, 0.15) is 5.82 Å². The first kappa shape index (κ1) is 10.7. The summed E-state index contributed by atoms with van der Waals surface area (Å²) in [6.45, 7) is 4.70. The van der Waals surface area contributed by atoms with Gasteiger partial charge in [-0.15, -0.1) is 0 Å². The molecule has 0 saturated carbocycles. The summed E-state index contributed by atoms with van der Waals surface area (Å²) in [6.07, 6.45) is 5.34. The molecule has 0 unspecified atom stereocenters. The van der Waals surface area contributed by atoms with Crippen LogP contribution in [-0.4, -0.2) is 36.3 Å². The summed E-state index contributed by atoms with van der Waals surface area (Å²) in [7, 11) is 0. The minimum atomic E-state index is 0.581. The molecule has 0 amide bonds. The van der Waals surface area contributed by atoms with Crippen molar-refractivity contribution in [3.63, 3.8) is 0 Å². The molecule has 0 fully saturated rings. The zero-order valence-corrected chi connectivity index (χ0v) is 10.2. The van der Waals surface area contributed by atoms with Gasteiger partial charge in [-0.3, -0.25) is 9.67 Å². The molecule has 0 aliphatic heterocycles. The molecule has 7 nitrogen and oxygen atoms in total. The predicted molar refractivity (Wildman–Crippen MR) is 67.7 cm³/mol. The Morgan fingerprint density at radius 3 is 3.00 bits per heavy atom. The van der Waals surface area contributed by atoms with Crippen LogP contribution in [0.3, 0.4) is 0 Å². The van der Waals surface area contributed by atoms with Crippen molar-refractivity contribution in [2.45, 2.75) is 13.8 Å². The number of anilines is 1. The zero-order valence-electron chi connectivity index (χ0n) is 10.2. The molecule has 0 aliphatic carbocycles. The lowest BCUT2D eigenvalue weighted by Gasteiger charge is -2.08. The van der Waals surface area contributed by atoms with Crippen molar-refractivity contribution >= 4 is 17.0 Å². The Balaban J connectivity index is 2.26. The summed E-state index contributed by atoms with van der Waals surface area (Å²) in [4.78, 5) is 13.1. The summed E-state index contributed by atoms with van der Waals surface area (Å²) in [5, 5.41) is 10.9. The molecule has 0 bridgehead atoms. The van der Waals surface area contributed by atoms with Gasteiger partial charge in [0.25, 0.3) is 0 Å². The average Bonchev–Trinajstić information content (AvgIpc) is 2.97. The maximum absolute atomic E-state index is 4.51. The summed E-state index contributed by atoms with van der Waals surface area (Å²) in [5.41, 5.74) is 0.712. The van der Waals surface area contributed by atoms with Crippen molar-refractivity contribution in [3.05, 3.63) is 24.4 Å². The smallest absolute Gasteiger partial charge is 0.226 e. The van der Waals surface area contributed by atoms with Gasteiger partial charge in [-0.2, -0.15) is 15.1 Å². The van der Waals surface area contributed by atoms with Crippen molar-refractivity contribution in [1.29, 1.82) is 0 Å². The van der Waals surface area contributed by atoms with Crippen LogP contribution in [0.2, 0.25) is 0 Å². The van der Waals surface area contributed by atoms with Gasteiger partial charge >= 0.3 is 0 Å². The fourth-order valence-electron chi connectivity index (χ4n) is 1.84. The highest BCUT2D eigenvalue weighted by atomic mass is 15.2. The molecule has 3 rings (SSSR count). The van der Waals surface area contributed by atoms with Crippen LogP contribution in [0.4, 0.5) is 5.95 Å². The fourth-order valence-corrected chi connectivity index (χ4v) is 1.84. The molecule has 0 aliphatic rings. The molecule has 92 valence electrons. The molecule has 18 heavy (non-hydrogen) atoms. The van der Waals surface area contributed by atoms with E-state index in [1.54, 1.807) is 12.4 Å².